The summed E-state index contributed by atoms with van der Waals surface area (Å²) in [5, 5.41) is 0. The number of Topliss-reactive ketones (excluding diaryl/α,β-unsaturated/α-hetero) is 1. The Bertz CT molecular complexity index is 501. The second kappa shape index (κ2) is 2.93. The van der Waals surface area contributed by atoms with Gasteiger partial charge >= 0.3 is 0 Å². The minimum absolute atomic E-state index is 0.129. The summed E-state index contributed by atoms with van der Waals surface area (Å²) in [5.74, 6) is -2.33. The maximum absolute atomic E-state index is 13.5. The van der Waals surface area contributed by atoms with Gasteiger partial charge in [0.05, 0.1) is 5.69 Å². The molecule has 0 saturated carbocycles. The van der Waals surface area contributed by atoms with Crippen molar-refractivity contribution in [3.8, 4) is 5.75 Å². The van der Waals surface area contributed by atoms with Crippen molar-refractivity contribution in [1.29, 1.82) is 0 Å². The number of halogens is 2. The predicted octanol–water partition coefficient (Wildman–Crippen LogP) is 2.10. The fourth-order valence-corrected chi connectivity index (χ4v) is 2.26. The quantitative estimate of drug-likeness (QED) is 0.677. The first-order valence-corrected chi connectivity index (χ1v) is 5.08. The predicted molar refractivity (Wildman–Crippen MR) is 52.7 cm³/mol. The largest absolute Gasteiger partial charge is 0.465 e. The molecule has 0 aromatic heterocycles. The van der Waals surface area contributed by atoms with E-state index < -0.39 is 11.6 Å². The summed E-state index contributed by atoms with van der Waals surface area (Å²) < 4.78 is 32.0. The Morgan fingerprint density at radius 2 is 2.25 bits per heavy atom. The molecule has 5 heteroatoms. The molecule has 0 fully saturated rings. The van der Waals surface area contributed by atoms with Crippen molar-refractivity contribution in [2.24, 2.45) is 0 Å². The Balaban J connectivity index is 2.32. The smallest absolute Gasteiger partial charge is 0.202 e. The molecule has 1 aromatic carbocycles. The molecule has 0 bridgehead atoms. The monoisotopic (exact) mass is 225 g/mol. The van der Waals surface area contributed by atoms with E-state index in [0.717, 1.165) is 6.07 Å². The molecular formula is C11H9F2NO2. The molecule has 1 atom stereocenters. The number of hydrogen-bond acceptors (Lipinski definition) is 3. The molecule has 0 amide bonds. The Morgan fingerprint density at radius 3 is 3.00 bits per heavy atom. The third-order valence-electron chi connectivity index (χ3n) is 3.05. The topological polar surface area (TPSA) is 29.5 Å². The third kappa shape index (κ3) is 1.03. The van der Waals surface area contributed by atoms with E-state index in [0.29, 0.717) is 18.7 Å². The standard InChI is InChI=1S/C11H9F2NO2/c1-5-14-3-2-8(15)6-4-7(12)9(13)11(16-5)10(6)14/h4-5H,2-3H2,1H3. The number of anilines is 1. The Kier molecular flexibility index (Phi) is 1.75. The van der Waals surface area contributed by atoms with Gasteiger partial charge in [0.25, 0.3) is 0 Å². The number of carbonyl (C=O) groups excluding carboxylic acids is 1. The highest BCUT2D eigenvalue weighted by Crippen LogP contribution is 2.45. The molecule has 0 saturated heterocycles. The summed E-state index contributed by atoms with van der Waals surface area (Å²) in [5.41, 5.74) is 0.632. The second-order valence-corrected chi connectivity index (χ2v) is 3.98. The maximum atomic E-state index is 13.5. The minimum atomic E-state index is -1.03. The molecule has 3 rings (SSSR count). The van der Waals surface area contributed by atoms with Crippen molar-refractivity contribution < 1.29 is 18.3 Å². The summed E-state index contributed by atoms with van der Waals surface area (Å²) in [6.45, 7) is 2.24. The van der Waals surface area contributed by atoms with Gasteiger partial charge in [-0.25, -0.2) is 4.39 Å². The number of ketones is 1. The van der Waals surface area contributed by atoms with Crippen molar-refractivity contribution >= 4 is 11.5 Å². The van der Waals surface area contributed by atoms with Crippen LogP contribution in [0.2, 0.25) is 0 Å². The molecule has 2 heterocycles. The highest BCUT2D eigenvalue weighted by atomic mass is 19.2. The van der Waals surface area contributed by atoms with Crippen LogP contribution in [0.4, 0.5) is 14.5 Å². The lowest BCUT2D eigenvalue weighted by atomic mass is 10.00. The van der Waals surface area contributed by atoms with Gasteiger partial charge in [-0.15, -0.1) is 0 Å². The van der Waals surface area contributed by atoms with Gasteiger partial charge in [0, 0.05) is 18.5 Å². The number of hydrogen-bond donors (Lipinski definition) is 0. The van der Waals surface area contributed by atoms with E-state index in [1.807, 2.05) is 0 Å². The first-order valence-electron chi connectivity index (χ1n) is 5.08. The van der Waals surface area contributed by atoms with E-state index in [4.69, 9.17) is 4.74 Å². The fourth-order valence-electron chi connectivity index (χ4n) is 2.26. The zero-order chi connectivity index (χ0) is 11.4. The van der Waals surface area contributed by atoms with E-state index in [2.05, 4.69) is 0 Å². The molecule has 0 spiro atoms. The van der Waals surface area contributed by atoms with Gasteiger partial charge in [-0.1, -0.05) is 0 Å². The molecule has 0 radical (unpaired) electrons. The van der Waals surface area contributed by atoms with E-state index >= 15 is 0 Å². The van der Waals surface area contributed by atoms with Gasteiger partial charge in [-0.2, -0.15) is 4.39 Å². The first-order chi connectivity index (χ1) is 7.59. The van der Waals surface area contributed by atoms with E-state index in [1.54, 1.807) is 11.8 Å². The number of ether oxygens (including phenoxy) is 1. The maximum Gasteiger partial charge on any atom is 0.202 e. The minimum Gasteiger partial charge on any atom is -0.465 e. The van der Waals surface area contributed by atoms with E-state index in [9.17, 15) is 13.6 Å². The summed E-state index contributed by atoms with van der Waals surface area (Å²) in [4.78, 5) is 13.4. The molecule has 2 aliphatic heterocycles. The summed E-state index contributed by atoms with van der Waals surface area (Å²) >= 11 is 0. The molecule has 84 valence electrons. The van der Waals surface area contributed by atoms with Crippen molar-refractivity contribution in [2.75, 3.05) is 11.4 Å². The number of nitrogens with zero attached hydrogens (tertiary/aromatic N) is 1. The molecule has 1 unspecified atom stereocenters. The third-order valence-corrected chi connectivity index (χ3v) is 3.05. The van der Waals surface area contributed by atoms with Crippen LogP contribution in [-0.4, -0.2) is 18.6 Å². The van der Waals surface area contributed by atoms with Crippen LogP contribution in [0.3, 0.4) is 0 Å². The molecule has 0 aliphatic carbocycles. The van der Waals surface area contributed by atoms with Crippen LogP contribution in [0.15, 0.2) is 6.07 Å². The number of benzene rings is 1. The lowest BCUT2D eigenvalue weighted by Gasteiger charge is -2.26. The fraction of sp³-hybridized carbons (Fsp3) is 0.364. The van der Waals surface area contributed by atoms with E-state index in [-0.39, 0.29) is 23.3 Å². The Hall–Kier alpha value is -1.65. The van der Waals surface area contributed by atoms with Crippen LogP contribution >= 0.6 is 0 Å². The van der Waals surface area contributed by atoms with Crippen LogP contribution in [0.1, 0.15) is 23.7 Å². The van der Waals surface area contributed by atoms with Crippen LogP contribution in [0, 0.1) is 11.6 Å². The number of rotatable bonds is 0. The Labute approximate surface area is 90.6 Å². The van der Waals surface area contributed by atoms with Gasteiger partial charge < -0.3 is 9.64 Å². The molecule has 0 N–H and O–H groups in total. The summed E-state index contributed by atoms with van der Waals surface area (Å²) in [7, 11) is 0. The van der Waals surface area contributed by atoms with Gasteiger partial charge in [0.1, 0.15) is 0 Å². The first kappa shape index (κ1) is 9.57. The molecule has 1 aromatic rings. The summed E-state index contributed by atoms with van der Waals surface area (Å²) in [6.07, 6.45) is -0.0382. The molecule has 2 aliphatic rings. The number of carbonyl (C=O) groups is 1. The van der Waals surface area contributed by atoms with Crippen LogP contribution < -0.4 is 9.64 Å². The van der Waals surface area contributed by atoms with Gasteiger partial charge in [0.15, 0.2) is 23.6 Å². The van der Waals surface area contributed by atoms with Crippen LogP contribution in [0.5, 0.6) is 5.75 Å². The molecule has 3 nitrogen and oxygen atoms in total. The van der Waals surface area contributed by atoms with Crippen molar-refractivity contribution in [3.05, 3.63) is 23.3 Å². The highest BCUT2D eigenvalue weighted by Gasteiger charge is 2.38. The lowest BCUT2D eigenvalue weighted by Crippen LogP contribution is -2.37. The average molecular weight is 225 g/mol. The highest BCUT2D eigenvalue weighted by molar-refractivity contribution is 6.05. The SMILES string of the molecule is CC1Oc2c(F)c(F)cc3c2N1CCC3=O. The second-order valence-electron chi connectivity index (χ2n) is 3.98. The van der Waals surface area contributed by atoms with E-state index in [1.165, 1.54) is 0 Å². The van der Waals surface area contributed by atoms with Crippen LogP contribution in [-0.2, 0) is 0 Å². The lowest BCUT2D eigenvalue weighted by molar-refractivity contribution is 0.0977. The van der Waals surface area contributed by atoms with Crippen molar-refractivity contribution in [1.82, 2.24) is 0 Å². The van der Waals surface area contributed by atoms with Crippen LogP contribution in [0.25, 0.3) is 0 Å². The van der Waals surface area contributed by atoms with Crippen molar-refractivity contribution in [3.63, 3.8) is 0 Å². The zero-order valence-corrected chi connectivity index (χ0v) is 8.59. The van der Waals surface area contributed by atoms with Gasteiger partial charge in [-0.3, -0.25) is 4.79 Å². The normalized spacial score (nSPS) is 22.1. The Morgan fingerprint density at radius 1 is 1.50 bits per heavy atom. The van der Waals surface area contributed by atoms with Gasteiger partial charge in [-0.05, 0) is 13.0 Å². The average Bonchev–Trinajstić information content (AvgIpc) is 2.58. The summed E-state index contributed by atoms with van der Waals surface area (Å²) in [6, 6.07) is 0.962. The van der Waals surface area contributed by atoms with Crippen molar-refractivity contribution in [2.45, 2.75) is 19.6 Å². The van der Waals surface area contributed by atoms with Gasteiger partial charge in [0.2, 0.25) is 5.82 Å². The molecule has 16 heavy (non-hydrogen) atoms. The zero-order valence-electron chi connectivity index (χ0n) is 8.59. The molecular weight excluding hydrogens is 216 g/mol.